The minimum Gasteiger partial charge on any atom is -0.397 e. The third-order valence-electron chi connectivity index (χ3n) is 2.91. The summed E-state index contributed by atoms with van der Waals surface area (Å²) in [5.74, 6) is 0.670. The van der Waals surface area contributed by atoms with Crippen molar-refractivity contribution in [3.8, 4) is 0 Å². The highest BCUT2D eigenvalue weighted by molar-refractivity contribution is 5.65. The van der Waals surface area contributed by atoms with E-state index in [0.29, 0.717) is 17.2 Å². The van der Waals surface area contributed by atoms with Crippen molar-refractivity contribution in [3.05, 3.63) is 12.3 Å². The monoisotopic (exact) mass is 282 g/mol. The van der Waals surface area contributed by atoms with Gasteiger partial charge in [-0.25, -0.2) is 4.98 Å². The van der Waals surface area contributed by atoms with E-state index in [9.17, 15) is 0 Å². The average molecular weight is 282 g/mol. The van der Waals surface area contributed by atoms with Crippen LogP contribution in [0.15, 0.2) is 12.3 Å². The molecule has 1 aromatic rings. The van der Waals surface area contributed by atoms with Crippen molar-refractivity contribution in [3.63, 3.8) is 0 Å². The fraction of sp³-hybridized carbons (Fsp3) is 0.615. The second-order valence-electron chi connectivity index (χ2n) is 4.76. The highest BCUT2D eigenvalue weighted by Crippen LogP contribution is 2.16. The standard InChI is InChI=1S/C13H26N6O/c1-19(7-8-20)6-2-3-16-4-5-17-13-12(15)9-11(14)10-18-13/h9-10,16,20H,2-8,14-15H2,1H3,(H,17,18). The highest BCUT2D eigenvalue weighted by Gasteiger charge is 2.00. The van der Waals surface area contributed by atoms with Crippen molar-refractivity contribution in [2.45, 2.75) is 6.42 Å². The number of aliphatic hydroxyl groups excluding tert-OH is 1. The van der Waals surface area contributed by atoms with E-state index in [0.717, 1.165) is 39.1 Å². The van der Waals surface area contributed by atoms with E-state index in [-0.39, 0.29) is 6.61 Å². The van der Waals surface area contributed by atoms with Gasteiger partial charge in [-0.15, -0.1) is 0 Å². The van der Waals surface area contributed by atoms with E-state index in [2.05, 4.69) is 20.5 Å². The summed E-state index contributed by atoms with van der Waals surface area (Å²) in [6.07, 6.45) is 2.64. The molecule has 7 N–H and O–H groups in total. The van der Waals surface area contributed by atoms with Gasteiger partial charge in [-0.3, -0.25) is 0 Å². The van der Waals surface area contributed by atoms with Crippen LogP contribution in [-0.2, 0) is 0 Å². The summed E-state index contributed by atoms with van der Waals surface area (Å²) in [7, 11) is 2.01. The van der Waals surface area contributed by atoms with Crippen molar-refractivity contribution < 1.29 is 5.11 Å². The molecule has 0 aliphatic rings. The molecule has 1 rings (SSSR count). The van der Waals surface area contributed by atoms with E-state index in [1.54, 1.807) is 12.3 Å². The van der Waals surface area contributed by atoms with Crippen molar-refractivity contribution in [1.82, 2.24) is 15.2 Å². The molecule has 20 heavy (non-hydrogen) atoms. The molecule has 0 aliphatic carbocycles. The molecular weight excluding hydrogens is 256 g/mol. The SMILES string of the molecule is CN(CCO)CCCNCCNc1ncc(N)cc1N. The number of nitrogens with zero attached hydrogens (tertiary/aromatic N) is 2. The number of hydrogen-bond acceptors (Lipinski definition) is 7. The van der Waals surface area contributed by atoms with Gasteiger partial charge in [0.25, 0.3) is 0 Å². The fourth-order valence-corrected chi connectivity index (χ4v) is 1.80. The van der Waals surface area contributed by atoms with Crippen molar-refractivity contribution in [1.29, 1.82) is 0 Å². The maximum absolute atomic E-state index is 8.77. The molecule has 0 fully saturated rings. The van der Waals surface area contributed by atoms with Crippen LogP contribution in [0.1, 0.15) is 6.42 Å². The lowest BCUT2D eigenvalue weighted by Gasteiger charge is -2.15. The predicted molar refractivity (Wildman–Crippen MR) is 83.6 cm³/mol. The molecule has 0 radical (unpaired) electrons. The predicted octanol–water partition coefficient (Wildman–Crippen LogP) is -0.438. The number of likely N-dealkylation sites (N-methyl/N-ethyl adjacent to an activating group) is 1. The molecule has 1 aromatic heterocycles. The Morgan fingerprint density at radius 2 is 2.05 bits per heavy atom. The summed E-state index contributed by atoms with van der Waals surface area (Å²) in [5.41, 5.74) is 12.5. The summed E-state index contributed by atoms with van der Waals surface area (Å²) in [5, 5.41) is 15.3. The zero-order valence-electron chi connectivity index (χ0n) is 12.1. The first-order valence-corrected chi connectivity index (χ1v) is 6.88. The topological polar surface area (TPSA) is 112 Å². The van der Waals surface area contributed by atoms with E-state index in [1.807, 2.05) is 7.05 Å². The Labute approximate surface area is 120 Å². The van der Waals surface area contributed by atoms with Crippen molar-refractivity contribution >= 4 is 17.2 Å². The molecule has 7 heteroatoms. The molecule has 0 spiro atoms. The summed E-state index contributed by atoms with van der Waals surface area (Å²) >= 11 is 0. The minimum absolute atomic E-state index is 0.212. The summed E-state index contributed by atoms with van der Waals surface area (Å²) < 4.78 is 0. The maximum atomic E-state index is 8.77. The third kappa shape index (κ3) is 6.55. The zero-order valence-corrected chi connectivity index (χ0v) is 12.1. The molecule has 0 aliphatic heterocycles. The minimum atomic E-state index is 0.212. The van der Waals surface area contributed by atoms with Gasteiger partial charge in [0.2, 0.25) is 0 Å². The first kappa shape index (κ1) is 16.5. The molecule has 0 saturated carbocycles. The molecule has 0 amide bonds. The highest BCUT2D eigenvalue weighted by atomic mass is 16.3. The Morgan fingerprint density at radius 1 is 1.25 bits per heavy atom. The van der Waals surface area contributed by atoms with Gasteiger partial charge in [-0.1, -0.05) is 0 Å². The second-order valence-corrected chi connectivity index (χ2v) is 4.76. The normalized spacial score (nSPS) is 10.9. The average Bonchev–Trinajstić information content (AvgIpc) is 2.40. The summed E-state index contributed by atoms with van der Waals surface area (Å²) in [4.78, 5) is 6.25. The number of aliphatic hydroxyl groups is 1. The first-order chi connectivity index (χ1) is 9.63. The second kappa shape index (κ2) is 9.35. The van der Waals surface area contributed by atoms with Gasteiger partial charge in [0.15, 0.2) is 0 Å². The third-order valence-corrected chi connectivity index (χ3v) is 2.91. The Bertz CT molecular complexity index is 387. The number of hydrogen-bond donors (Lipinski definition) is 5. The molecule has 0 unspecified atom stereocenters. The molecule has 7 nitrogen and oxygen atoms in total. The number of aromatic nitrogens is 1. The quantitative estimate of drug-likeness (QED) is 0.370. The number of pyridine rings is 1. The Morgan fingerprint density at radius 3 is 2.75 bits per heavy atom. The van der Waals surface area contributed by atoms with Gasteiger partial charge in [-0.05, 0) is 32.6 Å². The van der Waals surface area contributed by atoms with Gasteiger partial charge in [0.1, 0.15) is 5.82 Å². The van der Waals surface area contributed by atoms with E-state index >= 15 is 0 Å². The van der Waals surface area contributed by atoms with Crippen molar-refractivity contribution in [2.24, 2.45) is 0 Å². The lowest BCUT2D eigenvalue weighted by atomic mass is 10.3. The van der Waals surface area contributed by atoms with Crippen LogP contribution in [0, 0.1) is 0 Å². The molecule has 0 atom stereocenters. The lowest BCUT2D eigenvalue weighted by molar-refractivity contribution is 0.220. The molecule has 0 aromatic carbocycles. The summed E-state index contributed by atoms with van der Waals surface area (Å²) in [6, 6.07) is 1.69. The van der Waals surface area contributed by atoms with Crippen LogP contribution in [0.25, 0.3) is 0 Å². The number of anilines is 3. The van der Waals surface area contributed by atoms with Crippen LogP contribution in [0.2, 0.25) is 0 Å². The zero-order chi connectivity index (χ0) is 14.8. The first-order valence-electron chi connectivity index (χ1n) is 6.88. The number of nitrogen functional groups attached to an aromatic ring is 2. The number of rotatable bonds is 10. The van der Waals surface area contributed by atoms with Gasteiger partial charge >= 0.3 is 0 Å². The molecule has 0 bridgehead atoms. The number of nitrogens with two attached hydrogens (primary N) is 2. The van der Waals surface area contributed by atoms with Crippen LogP contribution in [-0.4, -0.2) is 61.4 Å². The maximum Gasteiger partial charge on any atom is 0.149 e. The Hall–Kier alpha value is -1.57. The van der Waals surface area contributed by atoms with Crippen LogP contribution < -0.4 is 22.1 Å². The van der Waals surface area contributed by atoms with Gasteiger partial charge in [0.05, 0.1) is 24.2 Å². The smallest absolute Gasteiger partial charge is 0.149 e. The van der Waals surface area contributed by atoms with Crippen LogP contribution in [0.5, 0.6) is 0 Å². The summed E-state index contributed by atoms with van der Waals surface area (Å²) in [6.45, 7) is 4.46. The van der Waals surface area contributed by atoms with E-state index in [1.165, 1.54) is 0 Å². The lowest BCUT2D eigenvalue weighted by Crippen LogP contribution is -2.28. The van der Waals surface area contributed by atoms with E-state index < -0.39 is 0 Å². The largest absolute Gasteiger partial charge is 0.397 e. The fourth-order valence-electron chi connectivity index (χ4n) is 1.80. The molecule has 1 heterocycles. The Balaban J connectivity index is 2.05. The number of nitrogens with one attached hydrogen (secondary N) is 2. The molecule has 114 valence electrons. The van der Waals surface area contributed by atoms with Crippen molar-refractivity contribution in [2.75, 3.05) is 63.2 Å². The van der Waals surface area contributed by atoms with Gasteiger partial charge < -0.3 is 32.1 Å². The van der Waals surface area contributed by atoms with Crippen LogP contribution >= 0.6 is 0 Å². The Kier molecular flexibility index (Phi) is 7.71. The molecular formula is C13H26N6O. The molecule has 0 saturated heterocycles. The van der Waals surface area contributed by atoms with Gasteiger partial charge in [-0.2, -0.15) is 0 Å². The van der Waals surface area contributed by atoms with Crippen LogP contribution in [0.4, 0.5) is 17.2 Å². The van der Waals surface area contributed by atoms with E-state index in [4.69, 9.17) is 16.6 Å². The van der Waals surface area contributed by atoms with Crippen LogP contribution in [0.3, 0.4) is 0 Å². The van der Waals surface area contributed by atoms with Gasteiger partial charge in [0, 0.05) is 19.6 Å².